The summed E-state index contributed by atoms with van der Waals surface area (Å²) in [5.74, 6) is -0.283. The van der Waals surface area contributed by atoms with Crippen LogP contribution in [0.2, 0.25) is 0 Å². The smallest absolute Gasteiger partial charge is 0.407 e. The Morgan fingerprint density at radius 2 is 1.46 bits per heavy atom. The van der Waals surface area contributed by atoms with E-state index >= 15 is 0 Å². The average molecular weight is 785 g/mol. The molecule has 4 heterocycles. The molecular weight excluding hydrogens is 729 g/mol. The van der Waals surface area contributed by atoms with E-state index in [0.717, 1.165) is 46.3 Å². The fraction of sp³-hybridized carbons (Fsp3) is 0.500. The normalized spacial score (nSPS) is 21.2. The van der Waals surface area contributed by atoms with E-state index in [0.29, 0.717) is 37.4 Å². The minimum atomic E-state index is -1.25. The van der Waals surface area contributed by atoms with E-state index in [1.54, 1.807) is 18.0 Å². The van der Waals surface area contributed by atoms with Gasteiger partial charge in [0.15, 0.2) is 0 Å². The number of likely N-dealkylation sites (tertiary alicyclic amines) is 2. The van der Waals surface area contributed by atoms with E-state index in [9.17, 15) is 24.3 Å². The first kappa shape index (κ1) is 41.4. The van der Waals surface area contributed by atoms with Crippen molar-refractivity contribution in [3.05, 3.63) is 60.6 Å². The number of nitrogens with one attached hydrogen (secondary N) is 5. The maximum Gasteiger partial charge on any atom is 0.407 e. The van der Waals surface area contributed by atoms with Crippen molar-refractivity contribution in [2.24, 2.45) is 11.8 Å². The van der Waals surface area contributed by atoms with Gasteiger partial charge in [0.05, 0.1) is 30.6 Å². The van der Waals surface area contributed by atoms with Crippen LogP contribution in [0.4, 0.5) is 10.5 Å². The zero-order chi connectivity index (χ0) is 41.2. The third-order valence-electron chi connectivity index (χ3n) is 11.6. The number of hydrogen-bond donors (Lipinski definition) is 6. The Kier molecular flexibility index (Phi) is 12.1. The van der Waals surface area contributed by atoms with E-state index in [1.807, 2.05) is 88.0 Å². The molecule has 5 atom stereocenters. The Morgan fingerprint density at radius 1 is 0.825 bits per heavy atom. The van der Waals surface area contributed by atoms with Crippen molar-refractivity contribution in [2.45, 2.75) is 96.8 Å². The summed E-state index contributed by atoms with van der Waals surface area (Å²) in [6.07, 6.45) is 2.60. The van der Waals surface area contributed by atoms with Crippen LogP contribution < -0.4 is 16.0 Å². The van der Waals surface area contributed by atoms with Gasteiger partial charge in [-0.25, -0.2) is 9.78 Å². The maximum absolute atomic E-state index is 13.8. The molecule has 2 aromatic carbocycles. The SMILES string of the molecule is COC(=O)N[C@H](C(=O)N1CCC[C@@]1(C)C(=O)Nc1ccc2[nH]c(-c3ccc(-c4cnc([C@]5(C)CCCN5C(=O)[C@@H](NC(O)OC)C(C)C)[nH]4)cc3)cc2c1)C(C)C. The molecule has 2 saturated heterocycles. The van der Waals surface area contributed by atoms with Crippen molar-refractivity contribution in [1.82, 2.24) is 35.4 Å². The highest BCUT2D eigenvalue weighted by Crippen LogP contribution is 2.39. The predicted molar refractivity (Wildman–Crippen MR) is 217 cm³/mol. The lowest BCUT2D eigenvalue weighted by atomic mass is 9.95. The number of carbonyl (C=O) groups is 4. The Morgan fingerprint density at radius 3 is 2.11 bits per heavy atom. The minimum absolute atomic E-state index is 0.0731. The zero-order valence-corrected chi connectivity index (χ0v) is 34.1. The van der Waals surface area contributed by atoms with E-state index in [4.69, 9.17) is 14.5 Å². The summed E-state index contributed by atoms with van der Waals surface area (Å²) >= 11 is 0. The number of amides is 4. The zero-order valence-electron chi connectivity index (χ0n) is 34.1. The number of benzene rings is 2. The monoisotopic (exact) mass is 784 g/mol. The van der Waals surface area contributed by atoms with Gasteiger partial charge in [-0.2, -0.15) is 0 Å². The summed E-state index contributed by atoms with van der Waals surface area (Å²) in [4.78, 5) is 68.4. The molecule has 0 aliphatic carbocycles. The topological polar surface area (TPSA) is 194 Å². The van der Waals surface area contributed by atoms with Crippen LogP contribution in [0.25, 0.3) is 33.4 Å². The third kappa shape index (κ3) is 8.27. The van der Waals surface area contributed by atoms with Crippen LogP contribution >= 0.6 is 0 Å². The molecule has 57 heavy (non-hydrogen) atoms. The highest BCUT2D eigenvalue weighted by Gasteiger charge is 2.48. The highest BCUT2D eigenvalue weighted by atomic mass is 16.6. The van der Waals surface area contributed by atoms with Crippen molar-refractivity contribution in [1.29, 1.82) is 0 Å². The average Bonchev–Trinajstić information content (AvgIpc) is 4.01. The second kappa shape index (κ2) is 16.7. The third-order valence-corrected chi connectivity index (χ3v) is 11.6. The first-order valence-corrected chi connectivity index (χ1v) is 19.6. The molecule has 2 aliphatic heterocycles. The number of alkyl carbamates (subject to hydrolysis) is 1. The molecule has 0 saturated carbocycles. The van der Waals surface area contributed by atoms with Crippen LogP contribution in [0.3, 0.4) is 0 Å². The van der Waals surface area contributed by atoms with Crippen molar-refractivity contribution in [3.8, 4) is 22.5 Å². The van der Waals surface area contributed by atoms with E-state index in [2.05, 4.69) is 25.9 Å². The Balaban J connectivity index is 1.15. The molecule has 6 rings (SSSR count). The molecule has 0 radical (unpaired) electrons. The molecular formula is C42H56N8O7. The molecule has 306 valence electrons. The van der Waals surface area contributed by atoms with Gasteiger partial charge in [-0.15, -0.1) is 0 Å². The number of fused-ring (bicyclic) bond motifs is 1. The summed E-state index contributed by atoms with van der Waals surface area (Å²) in [5, 5.41) is 19.5. The molecule has 15 nitrogen and oxygen atoms in total. The van der Waals surface area contributed by atoms with Crippen molar-refractivity contribution >= 4 is 40.4 Å². The fourth-order valence-electron chi connectivity index (χ4n) is 8.12. The standard InChI is InChI=1S/C42H56N8O7/c1-24(2)33(47-39(54)56-7)35(51)49-19-9-17-41(49,5)37-43-23-32(46-37)27-13-11-26(12-14-27)31-22-28-21-29(15-16-30(28)45-31)44-38(53)42(6)18-10-20-50(42)36(52)34(25(3)4)48-40(55)57-8/h11-16,21-25,33-34,39,45,47,54H,9-10,17-20H2,1-8H3,(H,43,46)(H,44,53)(H,48,55)/t33-,34-,39?,41-,42-/m0/s1. The number of ether oxygens (including phenoxy) is 2. The van der Waals surface area contributed by atoms with Gasteiger partial charge in [0, 0.05) is 42.5 Å². The van der Waals surface area contributed by atoms with Crippen molar-refractivity contribution in [3.63, 3.8) is 0 Å². The number of nitrogens with zero attached hydrogens (tertiary/aromatic N) is 3. The second-order valence-electron chi connectivity index (χ2n) is 16.2. The van der Waals surface area contributed by atoms with Crippen molar-refractivity contribution in [2.75, 3.05) is 32.6 Å². The van der Waals surface area contributed by atoms with Gasteiger partial charge in [0.2, 0.25) is 24.1 Å². The van der Waals surface area contributed by atoms with E-state index in [-0.39, 0.29) is 29.6 Å². The van der Waals surface area contributed by atoms with Crippen LogP contribution in [0.15, 0.2) is 54.7 Å². The second-order valence-corrected chi connectivity index (χ2v) is 16.2. The predicted octanol–water partition coefficient (Wildman–Crippen LogP) is 5.30. The van der Waals surface area contributed by atoms with E-state index < -0.39 is 35.7 Å². The number of aliphatic hydroxyl groups excluding tert-OH is 1. The largest absolute Gasteiger partial charge is 0.453 e. The summed E-state index contributed by atoms with van der Waals surface area (Å²) in [7, 11) is 2.63. The van der Waals surface area contributed by atoms with Gasteiger partial charge in [0.1, 0.15) is 17.4 Å². The Bertz CT molecular complexity index is 2090. The summed E-state index contributed by atoms with van der Waals surface area (Å²) in [6, 6.07) is 14.3. The first-order valence-electron chi connectivity index (χ1n) is 19.6. The van der Waals surface area contributed by atoms with Crippen LogP contribution in [0.1, 0.15) is 73.1 Å². The van der Waals surface area contributed by atoms with Gasteiger partial charge in [-0.3, -0.25) is 19.7 Å². The van der Waals surface area contributed by atoms with Gasteiger partial charge in [-0.1, -0.05) is 52.0 Å². The van der Waals surface area contributed by atoms with Gasteiger partial charge in [0.25, 0.3) is 0 Å². The van der Waals surface area contributed by atoms with Crippen molar-refractivity contribution < 1.29 is 33.8 Å². The number of aromatic nitrogens is 3. The summed E-state index contributed by atoms with van der Waals surface area (Å²) < 4.78 is 9.70. The first-order chi connectivity index (χ1) is 27.1. The molecule has 2 aromatic heterocycles. The van der Waals surface area contributed by atoms with Crippen LogP contribution in [0.5, 0.6) is 0 Å². The van der Waals surface area contributed by atoms with Crippen LogP contribution in [0, 0.1) is 11.8 Å². The summed E-state index contributed by atoms with van der Waals surface area (Å²) in [6.45, 7) is 12.3. The fourth-order valence-corrected chi connectivity index (χ4v) is 8.12. The number of carbonyl (C=O) groups excluding carboxylic acids is 4. The van der Waals surface area contributed by atoms with Crippen LogP contribution in [-0.4, -0.2) is 105 Å². The number of rotatable bonds is 13. The molecule has 4 amide bonds. The number of aliphatic hydroxyl groups is 1. The Labute approximate surface area is 333 Å². The lowest BCUT2D eigenvalue weighted by Crippen LogP contribution is -2.59. The molecule has 1 unspecified atom stereocenters. The van der Waals surface area contributed by atoms with E-state index in [1.165, 1.54) is 14.2 Å². The molecule has 4 aromatic rings. The molecule has 15 heteroatoms. The minimum Gasteiger partial charge on any atom is -0.453 e. The molecule has 6 N–H and O–H groups in total. The molecule has 2 aliphatic rings. The molecule has 0 spiro atoms. The number of imidazole rings is 1. The number of anilines is 1. The number of methoxy groups -OCH3 is 2. The van der Waals surface area contributed by atoms with Crippen LogP contribution in [-0.2, 0) is 29.4 Å². The summed E-state index contributed by atoms with van der Waals surface area (Å²) in [5.41, 5.74) is 3.42. The Hall–Kier alpha value is -5.25. The quantitative estimate of drug-likeness (QED) is 0.0977. The lowest BCUT2D eigenvalue weighted by molar-refractivity contribution is -0.147. The molecule has 0 bridgehead atoms. The number of H-pyrrole nitrogens is 2. The molecule has 2 fully saturated rings. The van der Waals surface area contributed by atoms with Gasteiger partial charge < -0.3 is 45.0 Å². The maximum atomic E-state index is 13.8. The lowest BCUT2D eigenvalue weighted by Gasteiger charge is -2.37. The van der Waals surface area contributed by atoms with Gasteiger partial charge in [-0.05, 0) is 86.8 Å². The highest BCUT2D eigenvalue weighted by molar-refractivity contribution is 6.03. The number of hydrogen-bond acceptors (Lipinski definition) is 9. The van der Waals surface area contributed by atoms with Gasteiger partial charge >= 0.3 is 6.09 Å². The number of aromatic amines is 2.